The summed E-state index contributed by atoms with van der Waals surface area (Å²) in [5, 5.41) is 14.4. The van der Waals surface area contributed by atoms with E-state index in [1.807, 2.05) is 54.6 Å². The summed E-state index contributed by atoms with van der Waals surface area (Å²) in [6.07, 6.45) is 0. The minimum absolute atomic E-state index is 0.156. The van der Waals surface area contributed by atoms with Gasteiger partial charge >= 0.3 is 0 Å². The third-order valence-corrected chi connectivity index (χ3v) is 5.00. The van der Waals surface area contributed by atoms with Gasteiger partial charge in [0, 0.05) is 27.9 Å². The molecule has 2 aromatic carbocycles. The van der Waals surface area contributed by atoms with Crippen LogP contribution in [0.5, 0.6) is 0 Å². The van der Waals surface area contributed by atoms with E-state index in [-0.39, 0.29) is 5.92 Å². The topological polar surface area (TPSA) is 88.7 Å². The number of benzene rings is 2. The second kappa shape index (κ2) is 7.31. The first-order valence-electron chi connectivity index (χ1n) is 8.42. The standard InChI is InChI=1S/C21H15BrN4O/c22-13-8-9-17-20(10-13)27-26-21(17)16-6-2-1-5-15(16)18(12-24)19-7-3-4-14(11-23)25-19/h1-10,18H,12,24H2. The molecule has 6 heteroatoms. The second-order valence-electron chi connectivity index (χ2n) is 6.11. The molecule has 1 atom stereocenters. The van der Waals surface area contributed by atoms with Crippen LogP contribution in [0.1, 0.15) is 22.9 Å². The van der Waals surface area contributed by atoms with Gasteiger partial charge in [0.15, 0.2) is 5.58 Å². The van der Waals surface area contributed by atoms with Gasteiger partial charge < -0.3 is 10.3 Å². The van der Waals surface area contributed by atoms with Gasteiger partial charge in [-0.1, -0.05) is 51.4 Å². The Labute approximate surface area is 164 Å². The Hall–Kier alpha value is -3.01. The van der Waals surface area contributed by atoms with Gasteiger partial charge in [-0.15, -0.1) is 0 Å². The van der Waals surface area contributed by atoms with Gasteiger partial charge in [-0.25, -0.2) is 4.98 Å². The molecule has 5 nitrogen and oxygen atoms in total. The number of halogens is 1. The van der Waals surface area contributed by atoms with Crippen LogP contribution in [0.3, 0.4) is 0 Å². The van der Waals surface area contributed by atoms with E-state index < -0.39 is 0 Å². The number of nitrogens with two attached hydrogens (primary N) is 1. The number of nitrogens with zero attached hydrogens (tertiary/aromatic N) is 3. The molecular weight excluding hydrogens is 404 g/mol. The van der Waals surface area contributed by atoms with Gasteiger partial charge in [0.25, 0.3) is 0 Å². The molecule has 132 valence electrons. The van der Waals surface area contributed by atoms with Gasteiger partial charge in [0.05, 0.1) is 5.69 Å². The van der Waals surface area contributed by atoms with Crippen molar-refractivity contribution in [2.45, 2.75) is 5.92 Å². The molecule has 2 aromatic heterocycles. The Kier molecular flexibility index (Phi) is 4.71. The van der Waals surface area contributed by atoms with Crippen LogP contribution in [-0.2, 0) is 0 Å². The molecule has 0 radical (unpaired) electrons. The van der Waals surface area contributed by atoms with Crippen LogP contribution in [0.4, 0.5) is 0 Å². The van der Waals surface area contributed by atoms with Crippen LogP contribution in [0, 0.1) is 11.3 Å². The van der Waals surface area contributed by atoms with E-state index in [0.717, 1.165) is 32.4 Å². The molecule has 4 rings (SSSR count). The average Bonchev–Trinajstić information content (AvgIpc) is 3.12. The van der Waals surface area contributed by atoms with E-state index >= 15 is 0 Å². The molecule has 4 aromatic rings. The average molecular weight is 419 g/mol. The lowest BCUT2D eigenvalue weighted by atomic mass is 9.89. The minimum Gasteiger partial charge on any atom is -0.356 e. The smallest absolute Gasteiger partial charge is 0.168 e. The molecule has 0 amide bonds. The predicted molar refractivity (Wildman–Crippen MR) is 107 cm³/mol. The number of nitriles is 1. The molecule has 2 N–H and O–H groups in total. The zero-order chi connectivity index (χ0) is 18.8. The van der Waals surface area contributed by atoms with Crippen molar-refractivity contribution in [2.75, 3.05) is 6.54 Å². The fourth-order valence-electron chi connectivity index (χ4n) is 3.24. The highest BCUT2D eigenvalue weighted by molar-refractivity contribution is 9.10. The number of pyridine rings is 1. The SMILES string of the molecule is N#Cc1cccc(C(CN)c2ccccc2-c2noc3cc(Br)ccc23)n1. The van der Waals surface area contributed by atoms with Gasteiger partial charge in [-0.05, 0) is 35.9 Å². The molecule has 0 bridgehead atoms. The minimum atomic E-state index is -0.156. The number of hydrogen-bond donors (Lipinski definition) is 1. The summed E-state index contributed by atoms with van der Waals surface area (Å²) in [5.41, 5.74) is 10.7. The lowest BCUT2D eigenvalue weighted by molar-refractivity contribution is 0.459. The molecule has 27 heavy (non-hydrogen) atoms. The largest absolute Gasteiger partial charge is 0.356 e. The molecule has 2 heterocycles. The van der Waals surface area contributed by atoms with Crippen molar-refractivity contribution in [3.63, 3.8) is 0 Å². The lowest BCUT2D eigenvalue weighted by Gasteiger charge is -2.18. The normalized spacial score (nSPS) is 12.0. The van der Waals surface area contributed by atoms with E-state index in [4.69, 9.17) is 15.5 Å². The summed E-state index contributed by atoms with van der Waals surface area (Å²) in [6, 6.07) is 21.3. The van der Waals surface area contributed by atoms with Crippen molar-refractivity contribution in [2.24, 2.45) is 5.73 Å². The Bertz CT molecular complexity index is 1160. The van der Waals surface area contributed by atoms with E-state index in [2.05, 4.69) is 32.1 Å². The van der Waals surface area contributed by atoms with Crippen molar-refractivity contribution < 1.29 is 4.52 Å². The van der Waals surface area contributed by atoms with Gasteiger partial charge in [0.1, 0.15) is 17.5 Å². The summed E-state index contributed by atoms with van der Waals surface area (Å²) in [7, 11) is 0. The maximum Gasteiger partial charge on any atom is 0.168 e. The summed E-state index contributed by atoms with van der Waals surface area (Å²) in [5.74, 6) is -0.156. The first-order chi connectivity index (χ1) is 13.2. The monoisotopic (exact) mass is 418 g/mol. The molecule has 0 saturated heterocycles. The zero-order valence-electron chi connectivity index (χ0n) is 14.3. The third-order valence-electron chi connectivity index (χ3n) is 4.50. The quantitative estimate of drug-likeness (QED) is 0.522. The van der Waals surface area contributed by atoms with Crippen molar-refractivity contribution in [1.82, 2.24) is 10.1 Å². The number of hydrogen-bond acceptors (Lipinski definition) is 5. The maximum absolute atomic E-state index is 9.16. The fraction of sp³-hybridized carbons (Fsp3) is 0.0952. The van der Waals surface area contributed by atoms with Crippen LogP contribution in [0.15, 0.2) is 69.7 Å². The summed E-state index contributed by atoms with van der Waals surface area (Å²) < 4.78 is 6.46. The molecule has 0 fully saturated rings. The summed E-state index contributed by atoms with van der Waals surface area (Å²) in [6.45, 7) is 0.361. The molecule has 0 saturated carbocycles. The Morgan fingerprint density at radius 2 is 1.96 bits per heavy atom. The van der Waals surface area contributed by atoms with E-state index in [1.165, 1.54) is 0 Å². The third kappa shape index (κ3) is 3.23. The lowest BCUT2D eigenvalue weighted by Crippen LogP contribution is -2.16. The van der Waals surface area contributed by atoms with Crippen LogP contribution < -0.4 is 5.73 Å². The maximum atomic E-state index is 9.16. The first-order valence-corrected chi connectivity index (χ1v) is 9.22. The molecule has 1 unspecified atom stereocenters. The highest BCUT2D eigenvalue weighted by atomic mass is 79.9. The van der Waals surface area contributed by atoms with Crippen molar-refractivity contribution >= 4 is 26.9 Å². The highest BCUT2D eigenvalue weighted by Crippen LogP contribution is 2.36. The van der Waals surface area contributed by atoms with Crippen LogP contribution >= 0.6 is 15.9 Å². The van der Waals surface area contributed by atoms with Crippen molar-refractivity contribution in [3.05, 3.63) is 82.1 Å². The van der Waals surface area contributed by atoms with E-state index in [9.17, 15) is 0 Å². The second-order valence-corrected chi connectivity index (χ2v) is 7.02. The van der Waals surface area contributed by atoms with Gasteiger partial charge in [-0.2, -0.15) is 5.26 Å². The summed E-state index contributed by atoms with van der Waals surface area (Å²) >= 11 is 3.45. The summed E-state index contributed by atoms with van der Waals surface area (Å²) in [4.78, 5) is 4.44. The number of rotatable bonds is 4. The van der Waals surface area contributed by atoms with Crippen LogP contribution in [-0.4, -0.2) is 16.7 Å². The molecular formula is C21H15BrN4O. The van der Waals surface area contributed by atoms with Crippen LogP contribution in [0.25, 0.3) is 22.2 Å². The Morgan fingerprint density at radius 1 is 1.11 bits per heavy atom. The van der Waals surface area contributed by atoms with Crippen molar-refractivity contribution in [1.29, 1.82) is 5.26 Å². The number of fused-ring (bicyclic) bond motifs is 1. The Morgan fingerprint density at radius 3 is 2.78 bits per heavy atom. The van der Waals surface area contributed by atoms with Gasteiger partial charge in [0.2, 0.25) is 0 Å². The van der Waals surface area contributed by atoms with Crippen molar-refractivity contribution in [3.8, 4) is 17.3 Å². The Balaban J connectivity index is 1.88. The fourth-order valence-corrected chi connectivity index (χ4v) is 3.58. The highest BCUT2D eigenvalue weighted by Gasteiger charge is 2.21. The van der Waals surface area contributed by atoms with Gasteiger partial charge in [-0.3, -0.25) is 0 Å². The molecule has 0 aliphatic carbocycles. The van der Waals surface area contributed by atoms with E-state index in [0.29, 0.717) is 17.8 Å². The molecule has 0 spiro atoms. The molecule has 0 aliphatic heterocycles. The predicted octanol–water partition coefficient (Wildman–Crippen LogP) is 4.61. The number of aromatic nitrogens is 2. The molecule has 0 aliphatic rings. The first kappa shape index (κ1) is 17.4. The zero-order valence-corrected chi connectivity index (χ0v) is 15.8. The van der Waals surface area contributed by atoms with Crippen LogP contribution in [0.2, 0.25) is 0 Å². The van der Waals surface area contributed by atoms with E-state index in [1.54, 1.807) is 6.07 Å².